The number of nitrogens with one attached hydrogen (secondary N) is 2. The van der Waals surface area contributed by atoms with Crippen LogP contribution in [-0.2, 0) is 6.54 Å². The highest BCUT2D eigenvalue weighted by atomic mass is 32.1. The van der Waals surface area contributed by atoms with Crippen LogP contribution >= 0.6 is 11.3 Å². The number of H-pyrrole nitrogens is 1. The van der Waals surface area contributed by atoms with Crippen LogP contribution in [0, 0.1) is 6.92 Å². The van der Waals surface area contributed by atoms with E-state index in [9.17, 15) is 4.79 Å². The van der Waals surface area contributed by atoms with Gasteiger partial charge in [0.2, 0.25) is 0 Å². The molecule has 2 aromatic heterocycles. The second-order valence-electron chi connectivity index (χ2n) is 3.26. The van der Waals surface area contributed by atoms with Gasteiger partial charge in [-0.25, -0.2) is 9.97 Å². The van der Waals surface area contributed by atoms with Crippen LogP contribution in [0.15, 0.2) is 16.5 Å². The summed E-state index contributed by atoms with van der Waals surface area (Å²) in [5.74, 6) is 1.14. The number of thiazole rings is 1. The van der Waals surface area contributed by atoms with Crippen LogP contribution in [0.5, 0.6) is 0 Å². The monoisotopic (exact) mass is 237 g/mol. The molecule has 0 radical (unpaired) electrons. The SMILES string of the molecule is Cc1c(N)ncnc1NCc1csc(=O)[nH]1. The molecule has 0 saturated heterocycles. The van der Waals surface area contributed by atoms with Gasteiger partial charge in [-0.2, -0.15) is 0 Å². The number of hydrogen-bond donors (Lipinski definition) is 3. The van der Waals surface area contributed by atoms with Crippen molar-refractivity contribution in [2.24, 2.45) is 0 Å². The molecule has 6 nitrogen and oxygen atoms in total. The number of nitrogen functional groups attached to an aromatic ring is 1. The van der Waals surface area contributed by atoms with Crippen LogP contribution in [0.2, 0.25) is 0 Å². The van der Waals surface area contributed by atoms with E-state index in [0.29, 0.717) is 18.2 Å². The summed E-state index contributed by atoms with van der Waals surface area (Å²) in [5, 5.41) is 4.86. The summed E-state index contributed by atoms with van der Waals surface area (Å²) in [6.45, 7) is 2.35. The number of nitrogens with zero attached hydrogens (tertiary/aromatic N) is 2. The first kappa shape index (κ1) is 10.6. The number of aromatic amines is 1. The lowest BCUT2D eigenvalue weighted by Gasteiger charge is -2.07. The predicted octanol–water partition coefficient (Wildman–Crippen LogP) is 0.729. The van der Waals surface area contributed by atoms with Gasteiger partial charge in [-0.3, -0.25) is 4.79 Å². The maximum absolute atomic E-state index is 10.9. The molecule has 4 N–H and O–H groups in total. The Kier molecular flexibility index (Phi) is 2.86. The van der Waals surface area contributed by atoms with Gasteiger partial charge in [0.25, 0.3) is 0 Å². The first-order valence-corrected chi connectivity index (χ1v) is 5.52. The molecular weight excluding hydrogens is 226 g/mol. The molecule has 0 aromatic carbocycles. The highest BCUT2D eigenvalue weighted by Gasteiger charge is 2.04. The van der Waals surface area contributed by atoms with Crippen molar-refractivity contribution < 1.29 is 0 Å². The first-order valence-electron chi connectivity index (χ1n) is 4.64. The number of rotatable bonds is 3. The van der Waals surface area contributed by atoms with E-state index in [4.69, 9.17) is 5.73 Å². The van der Waals surface area contributed by atoms with Crippen molar-refractivity contribution in [2.45, 2.75) is 13.5 Å². The van der Waals surface area contributed by atoms with Gasteiger partial charge in [0.05, 0.1) is 6.54 Å². The summed E-state index contributed by atoms with van der Waals surface area (Å²) >= 11 is 1.14. The third kappa shape index (κ3) is 2.19. The minimum absolute atomic E-state index is 0.0595. The van der Waals surface area contributed by atoms with Crippen molar-refractivity contribution in [1.82, 2.24) is 15.0 Å². The third-order valence-corrected chi connectivity index (χ3v) is 2.86. The van der Waals surface area contributed by atoms with Crippen LogP contribution in [0.1, 0.15) is 11.3 Å². The Morgan fingerprint density at radius 2 is 2.38 bits per heavy atom. The molecule has 2 aromatic rings. The molecule has 0 aliphatic carbocycles. The highest BCUT2D eigenvalue weighted by molar-refractivity contribution is 7.07. The fourth-order valence-corrected chi connectivity index (χ4v) is 1.80. The molecule has 16 heavy (non-hydrogen) atoms. The lowest BCUT2D eigenvalue weighted by Crippen LogP contribution is -2.07. The van der Waals surface area contributed by atoms with E-state index < -0.39 is 0 Å². The molecule has 7 heteroatoms. The van der Waals surface area contributed by atoms with Gasteiger partial charge in [-0.05, 0) is 6.92 Å². The lowest BCUT2D eigenvalue weighted by molar-refractivity contribution is 1.02. The van der Waals surface area contributed by atoms with Crippen molar-refractivity contribution in [3.8, 4) is 0 Å². The highest BCUT2D eigenvalue weighted by Crippen LogP contribution is 2.15. The zero-order chi connectivity index (χ0) is 11.5. The number of anilines is 2. The molecule has 0 bridgehead atoms. The van der Waals surface area contributed by atoms with Crippen molar-refractivity contribution in [3.63, 3.8) is 0 Å². The van der Waals surface area contributed by atoms with Gasteiger partial charge in [0.1, 0.15) is 18.0 Å². The summed E-state index contributed by atoms with van der Waals surface area (Å²) in [6.07, 6.45) is 1.40. The molecule has 0 atom stereocenters. The fraction of sp³-hybridized carbons (Fsp3) is 0.222. The quantitative estimate of drug-likeness (QED) is 0.731. The molecule has 0 amide bonds. The van der Waals surface area contributed by atoms with Gasteiger partial charge in [-0.15, -0.1) is 0 Å². The smallest absolute Gasteiger partial charge is 0.304 e. The van der Waals surface area contributed by atoms with E-state index >= 15 is 0 Å². The largest absolute Gasteiger partial charge is 0.383 e. The van der Waals surface area contributed by atoms with Crippen LogP contribution < -0.4 is 15.9 Å². The molecule has 2 heterocycles. The summed E-state index contributed by atoms with van der Waals surface area (Å²) in [6, 6.07) is 0. The van der Waals surface area contributed by atoms with E-state index in [1.54, 1.807) is 5.38 Å². The van der Waals surface area contributed by atoms with Gasteiger partial charge in [0.15, 0.2) is 0 Å². The zero-order valence-electron chi connectivity index (χ0n) is 8.65. The third-order valence-electron chi connectivity index (χ3n) is 2.14. The van der Waals surface area contributed by atoms with Crippen molar-refractivity contribution in [1.29, 1.82) is 0 Å². The van der Waals surface area contributed by atoms with E-state index in [0.717, 1.165) is 22.6 Å². The Balaban J connectivity index is 2.10. The van der Waals surface area contributed by atoms with Gasteiger partial charge in [0, 0.05) is 16.6 Å². The molecule has 0 spiro atoms. The molecular formula is C9H11N5OS. The summed E-state index contributed by atoms with van der Waals surface area (Å²) < 4.78 is 0. The molecule has 0 aliphatic rings. The van der Waals surface area contributed by atoms with E-state index in [1.807, 2.05) is 6.92 Å². The summed E-state index contributed by atoms with van der Waals surface area (Å²) in [4.78, 5) is 21.5. The second-order valence-corrected chi connectivity index (χ2v) is 4.10. The Hall–Kier alpha value is -1.89. The molecule has 84 valence electrons. The minimum Gasteiger partial charge on any atom is -0.383 e. The average Bonchev–Trinajstić information content (AvgIpc) is 2.67. The Labute approximate surface area is 95.6 Å². The van der Waals surface area contributed by atoms with E-state index in [2.05, 4.69) is 20.3 Å². The standard InChI is InChI=1S/C9H11N5OS/c1-5-7(10)12-4-13-8(5)11-2-6-3-16-9(15)14-6/h3-4H,2H2,1H3,(H,14,15)(H3,10,11,12,13). The van der Waals surface area contributed by atoms with Crippen molar-refractivity contribution >= 4 is 23.0 Å². The maximum Gasteiger partial charge on any atom is 0.304 e. The number of nitrogens with two attached hydrogens (primary N) is 1. The number of hydrogen-bond acceptors (Lipinski definition) is 6. The van der Waals surface area contributed by atoms with E-state index in [-0.39, 0.29) is 4.87 Å². The average molecular weight is 237 g/mol. The Bertz CT molecular complexity index is 547. The van der Waals surface area contributed by atoms with Crippen LogP contribution in [0.3, 0.4) is 0 Å². The normalized spacial score (nSPS) is 10.3. The maximum atomic E-state index is 10.9. The molecule has 0 unspecified atom stereocenters. The zero-order valence-corrected chi connectivity index (χ0v) is 9.47. The van der Waals surface area contributed by atoms with Crippen LogP contribution in [-0.4, -0.2) is 15.0 Å². The Morgan fingerprint density at radius 3 is 3.06 bits per heavy atom. The minimum atomic E-state index is -0.0595. The van der Waals surface area contributed by atoms with E-state index in [1.165, 1.54) is 6.33 Å². The Morgan fingerprint density at radius 1 is 1.56 bits per heavy atom. The van der Waals surface area contributed by atoms with Gasteiger partial charge >= 0.3 is 4.87 Å². The first-order chi connectivity index (χ1) is 7.66. The molecule has 2 rings (SSSR count). The summed E-state index contributed by atoms with van der Waals surface area (Å²) in [7, 11) is 0. The van der Waals surface area contributed by atoms with Crippen molar-refractivity contribution in [3.05, 3.63) is 32.6 Å². The predicted molar refractivity (Wildman–Crippen MR) is 63.4 cm³/mol. The van der Waals surface area contributed by atoms with Crippen molar-refractivity contribution in [2.75, 3.05) is 11.1 Å². The lowest BCUT2D eigenvalue weighted by atomic mass is 10.3. The van der Waals surface area contributed by atoms with Crippen LogP contribution in [0.25, 0.3) is 0 Å². The topological polar surface area (TPSA) is 96.7 Å². The summed E-state index contributed by atoms with van der Waals surface area (Å²) in [5.41, 5.74) is 7.28. The molecule has 0 aliphatic heterocycles. The van der Waals surface area contributed by atoms with Crippen LogP contribution in [0.4, 0.5) is 11.6 Å². The van der Waals surface area contributed by atoms with Gasteiger partial charge < -0.3 is 16.0 Å². The second kappa shape index (κ2) is 4.31. The molecule has 0 saturated carbocycles. The number of aromatic nitrogens is 3. The van der Waals surface area contributed by atoms with Gasteiger partial charge in [-0.1, -0.05) is 11.3 Å². The molecule has 0 fully saturated rings. The fourth-order valence-electron chi connectivity index (χ4n) is 1.22.